The van der Waals surface area contributed by atoms with Crippen molar-refractivity contribution in [2.24, 2.45) is 0 Å². The summed E-state index contributed by atoms with van der Waals surface area (Å²) in [6.45, 7) is -3.55. The van der Waals surface area contributed by atoms with E-state index < -0.39 is 120 Å². The number of rotatable bonds is 48. The van der Waals surface area contributed by atoms with Crippen LogP contribution in [0.1, 0.15) is 22.3 Å². The van der Waals surface area contributed by atoms with Crippen molar-refractivity contribution in [1.29, 1.82) is 0 Å². The molecule has 20 N–H and O–H groups in total. The van der Waals surface area contributed by atoms with Crippen molar-refractivity contribution in [3.05, 3.63) is 192 Å². The van der Waals surface area contributed by atoms with E-state index in [1.165, 1.54) is 117 Å². The Morgan fingerprint density at radius 2 is 0.351 bits per heavy atom. The van der Waals surface area contributed by atoms with E-state index in [1.807, 2.05) is 0 Å². The third-order valence-corrected chi connectivity index (χ3v) is 26.3. The van der Waals surface area contributed by atoms with Crippen LogP contribution in [0.4, 0.5) is 117 Å². The summed E-state index contributed by atoms with van der Waals surface area (Å²) in [6.07, 6.45) is 4.28. The molecular formula is C80H84N24Na4O32S8. The van der Waals surface area contributed by atoms with Crippen LogP contribution >= 0.6 is 0 Å². The van der Waals surface area contributed by atoms with Gasteiger partial charge in [-0.05, 0) is 168 Å². The van der Waals surface area contributed by atoms with Gasteiger partial charge in [0.05, 0.1) is 92.0 Å². The average Bonchev–Trinajstić information content (AvgIpc) is 0.875. The van der Waals surface area contributed by atoms with Crippen molar-refractivity contribution in [2.75, 3.05) is 167 Å². The van der Waals surface area contributed by atoms with Crippen LogP contribution in [0.5, 0.6) is 0 Å². The number of benzene rings is 8. The molecule has 12 rings (SSSR count). The number of hydrogen-bond donors (Lipinski definition) is 20. The Balaban J connectivity index is 0.000000390. The summed E-state index contributed by atoms with van der Waals surface area (Å²) < 4.78 is 281. The number of aliphatic hydroxyl groups is 8. The Hall–Kier alpha value is -10.2. The molecule has 8 aromatic carbocycles. The fourth-order valence-corrected chi connectivity index (χ4v) is 17.5. The molecule has 0 saturated carbocycles. The van der Waals surface area contributed by atoms with E-state index >= 15 is 0 Å². The summed E-state index contributed by atoms with van der Waals surface area (Å²) in [5.74, 6) is -2.08. The number of anilines is 20. The quantitative estimate of drug-likeness (QED) is 0.00956. The Kier molecular flexibility index (Phi) is 46.5. The number of aromatic nitrogens is 12. The molecule has 0 aliphatic carbocycles. The van der Waals surface area contributed by atoms with E-state index in [2.05, 4.69) is 102 Å². The molecule has 0 aliphatic heterocycles. The molecule has 0 aliphatic rings. The first-order valence-electron chi connectivity index (χ1n) is 41.1. The predicted octanol–water partition coefficient (Wildman–Crippen LogP) is -9.81. The van der Waals surface area contributed by atoms with Gasteiger partial charge in [-0.25, -0.2) is 33.7 Å². The number of nitrogens with one attached hydrogen (secondary N) is 8. The molecule has 12 aromatic rings. The number of hydrogen-bond acceptors (Lipinski definition) is 52. The summed E-state index contributed by atoms with van der Waals surface area (Å²) in [4.78, 5) is 52.0. The molecule has 0 amide bonds. The van der Waals surface area contributed by atoms with Crippen LogP contribution in [0.2, 0.25) is 0 Å². The van der Waals surface area contributed by atoms with Crippen molar-refractivity contribution in [3.8, 4) is 0 Å². The summed E-state index contributed by atoms with van der Waals surface area (Å²) in [6, 6.07) is 32.7. The summed E-state index contributed by atoms with van der Waals surface area (Å²) in [5, 5.41) is 99.5. The summed E-state index contributed by atoms with van der Waals surface area (Å²) in [7, 11) is -39.2. The van der Waals surface area contributed by atoms with Crippen LogP contribution in [0.3, 0.4) is 0 Å². The largest absolute Gasteiger partial charge is 1.00 e. The summed E-state index contributed by atoms with van der Waals surface area (Å²) in [5.41, 5.74) is -0.322. The maximum atomic E-state index is 12.6. The Labute approximate surface area is 933 Å². The maximum absolute atomic E-state index is 12.6. The van der Waals surface area contributed by atoms with Gasteiger partial charge in [-0.2, -0.15) is 93.5 Å². The van der Waals surface area contributed by atoms with Gasteiger partial charge >= 0.3 is 118 Å². The van der Waals surface area contributed by atoms with Crippen LogP contribution in [0, 0.1) is 0 Å². The molecule has 4 heterocycles. The fraction of sp³-hybridized carbons (Fsp3) is 0.200. The zero-order chi connectivity index (χ0) is 105. The number of nitrogens with zero attached hydrogens (tertiary/aromatic N) is 16. The molecule has 0 radical (unpaired) electrons. The molecule has 0 spiro atoms. The van der Waals surface area contributed by atoms with Gasteiger partial charge in [0.15, 0.2) is 0 Å². The molecule has 56 nitrogen and oxygen atoms in total. The zero-order valence-corrected chi connectivity index (χ0v) is 92.3. The van der Waals surface area contributed by atoms with Gasteiger partial charge in [0.1, 0.15) is 40.5 Å². The van der Waals surface area contributed by atoms with E-state index in [4.69, 9.17) is 0 Å². The Morgan fingerprint density at radius 1 is 0.216 bits per heavy atom. The Bertz CT molecular complexity index is 6800. The molecule has 0 fully saturated rings. The smallest absolute Gasteiger partial charge is 0.744 e. The maximum Gasteiger partial charge on any atom is 1.00 e. The van der Waals surface area contributed by atoms with E-state index in [-0.39, 0.29) is 363 Å². The Morgan fingerprint density at radius 3 is 0.480 bits per heavy atom. The third kappa shape index (κ3) is 36.6. The topological polar surface area (TPSA) is 872 Å². The molecule has 0 atom stereocenters. The van der Waals surface area contributed by atoms with Crippen LogP contribution in [0.15, 0.2) is 209 Å². The monoisotopic (exact) mass is 2240 g/mol. The van der Waals surface area contributed by atoms with Crippen molar-refractivity contribution >= 4 is 222 Å². The zero-order valence-electron chi connectivity index (χ0n) is 77.7. The van der Waals surface area contributed by atoms with Crippen LogP contribution < -0.4 is 180 Å². The SMILES string of the molecule is O=S(=O)([O-])c1cc(Nc2nc(Nc3ccc(S(=O)(=O)O)cc3)nc(N(CCO)CCO)n2)ccc1C=Cc1ccc(Nc2nc(Nc3ccc(S(=O)(=O)O)cc3)nc(N(CCO)CCO)n2)cc1S(=O)(=O)[O-].O=S(=O)([O-])c1cc(Nc2nc(Nc3ccc(S(=O)(=O)O)cc3)nc(N(CCO)CCO)n2)ccc1C=Cc1ccc(Nc2nc(Nc3ccc(S(=O)(=O)O)cc3)nc(N(CCO)CCO)n2)cc1S(=O)(=O)[O-].[Na+].[Na+].[Na+].[Na+]. The van der Waals surface area contributed by atoms with E-state index in [0.717, 1.165) is 97.1 Å². The molecule has 0 saturated heterocycles. The third-order valence-electron chi connectivity index (χ3n) is 19.3. The van der Waals surface area contributed by atoms with Crippen molar-refractivity contribution < 1.29 is 263 Å². The van der Waals surface area contributed by atoms with E-state index in [9.17, 15) is 145 Å². The molecule has 148 heavy (non-hydrogen) atoms. The van der Waals surface area contributed by atoms with Gasteiger partial charge in [-0.3, -0.25) is 18.2 Å². The number of aliphatic hydroxyl groups excluding tert-OH is 8. The molecule has 0 unspecified atom stereocenters. The standard InChI is InChI=1S/2C40H44N12O16S4.4Na/c2*53-19-15-51(16-20-54)39-47-35(41-27-7-11-31(12-8-27)69(57,58)59)45-37(49-39)43-29-5-3-25(33(23-29)71(63,64)65)1-2-26-4-6-30(24-34(26)72(66,67)68)44-38-46-36(48-40(50-38)52(17-21-55)18-22-56)42-28-9-13-32(14-10-28)70(60,61)62;;;;/h2*1-14,23-24,53-56H,15-22H2,(H,57,58,59)(H,60,61,62)(H,63,64,65)(H,66,67,68)(H2,41,43,45,47,49)(H2,42,44,46,48,50);;;;/q;;4*+1/p-4. The minimum atomic E-state index is -5.29. The van der Waals surface area contributed by atoms with Gasteiger partial charge in [-0.15, -0.1) is 0 Å². The van der Waals surface area contributed by atoms with E-state index in [0.29, 0.717) is 0 Å². The van der Waals surface area contributed by atoms with Crippen LogP contribution in [-0.2, 0) is 80.9 Å². The first kappa shape index (κ1) is 125. The van der Waals surface area contributed by atoms with Crippen molar-refractivity contribution in [2.45, 2.75) is 39.2 Å². The minimum Gasteiger partial charge on any atom is -0.744 e. The fourth-order valence-electron chi connectivity index (χ4n) is 12.8. The molecule has 768 valence electrons. The van der Waals surface area contributed by atoms with Crippen molar-refractivity contribution in [1.82, 2.24) is 59.8 Å². The second-order valence-corrected chi connectivity index (χ2v) is 40.4. The normalized spacial score (nSPS) is 11.8. The first-order chi connectivity index (χ1) is 67.9. The van der Waals surface area contributed by atoms with Gasteiger partial charge in [0, 0.05) is 97.9 Å². The second kappa shape index (κ2) is 55.2. The molecular weight excluding hydrogens is 2160 g/mol. The molecule has 68 heteroatoms. The first-order valence-corrected chi connectivity index (χ1v) is 52.5. The van der Waals surface area contributed by atoms with E-state index in [1.54, 1.807) is 0 Å². The van der Waals surface area contributed by atoms with Crippen molar-refractivity contribution in [3.63, 3.8) is 0 Å². The van der Waals surface area contributed by atoms with Crippen LogP contribution in [-0.4, -0.2) is 310 Å². The molecule has 4 aromatic heterocycles. The minimum absolute atomic E-state index is 0. The predicted molar refractivity (Wildman–Crippen MR) is 512 cm³/mol. The van der Waals surface area contributed by atoms with Gasteiger partial charge in [-0.1, -0.05) is 48.6 Å². The van der Waals surface area contributed by atoms with Gasteiger partial charge in [0.2, 0.25) is 71.4 Å². The van der Waals surface area contributed by atoms with Gasteiger partial charge in [0.25, 0.3) is 40.5 Å². The summed E-state index contributed by atoms with van der Waals surface area (Å²) >= 11 is 0. The van der Waals surface area contributed by atoms with Gasteiger partial charge < -0.3 is 121 Å². The molecule has 0 bridgehead atoms. The van der Waals surface area contributed by atoms with Crippen LogP contribution in [0.25, 0.3) is 24.3 Å². The second-order valence-electron chi connectivity index (χ2n) is 29.4. The average molecular weight is 2240 g/mol.